The van der Waals surface area contributed by atoms with Crippen molar-refractivity contribution in [2.75, 3.05) is 49.5 Å². The van der Waals surface area contributed by atoms with E-state index in [9.17, 15) is 9.59 Å². The van der Waals surface area contributed by atoms with Crippen molar-refractivity contribution in [3.63, 3.8) is 0 Å². The zero-order valence-electron chi connectivity index (χ0n) is 17.2. The highest BCUT2D eigenvalue weighted by Crippen LogP contribution is 2.25. The number of hydrogen-bond acceptors (Lipinski definition) is 5. The van der Waals surface area contributed by atoms with Crippen LogP contribution in [-0.2, 0) is 4.79 Å². The van der Waals surface area contributed by atoms with Crippen molar-refractivity contribution in [3.05, 3.63) is 46.2 Å². The van der Waals surface area contributed by atoms with E-state index in [0.717, 1.165) is 38.4 Å². The van der Waals surface area contributed by atoms with Crippen molar-refractivity contribution in [2.45, 2.75) is 26.7 Å². The number of rotatable bonds is 8. The van der Waals surface area contributed by atoms with Crippen LogP contribution in [0.5, 0.6) is 0 Å². The van der Waals surface area contributed by atoms with Crippen LogP contribution in [-0.4, -0.2) is 56.0 Å². The molecule has 2 aromatic rings. The van der Waals surface area contributed by atoms with E-state index >= 15 is 0 Å². The van der Waals surface area contributed by atoms with Crippen LogP contribution in [0.2, 0.25) is 0 Å². The van der Waals surface area contributed by atoms with Crippen LogP contribution >= 0.6 is 11.3 Å². The Hall–Kier alpha value is -2.38. The third-order valence-electron chi connectivity index (χ3n) is 5.29. The van der Waals surface area contributed by atoms with E-state index in [-0.39, 0.29) is 11.8 Å². The third-order valence-corrected chi connectivity index (χ3v) is 5.97. The van der Waals surface area contributed by atoms with E-state index in [1.54, 1.807) is 6.07 Å². The molecule has 29 heavy (non-hydrogen) atoms. The average Bonchev–Trinajstić information content (AvgIpc) is 3.26. The number of piperazine rings is 1. The Morgan fingerprint density at radius 3 is 2.59 bits per heavy atom. The van der Waals surface area contributed by atoms with Gasteiger partial charge in [0.25, 0.3) is 5.91 Å². The molecule has 0 spiro atoms. The summed E-state index contributed by atoms with van der Waals surface area (Å²) in [6, 6.07) is 7.92. The monoisotopic (exact) mass is 414 g/mol. The van der Waals surface area contributed by atoms with E-state index in [2.05, 4.69) is 40.3 Å². The number of hydrogen-bond donors (Lipinski definition) is 2. The SMILES string of the molecule is CCN1CCN(c2ccc(NC(=O)CCCNC(=O)c3ccsc3)cc2C)CC1. The van der Waals surface area contributed by atoms with Gasteiger partial charge in [0.2, 0.25) is 5.91 Å². The Kier molecular flexibility index (Phi) is 7.66. The van der Waals surface area contributed by atoms with Crippen LogP contribution in [0.1, 0.15) is 35.7 Å². The largest absolute Gasteiger partial charge is 0.369 e. The van der Waals surface area contributed by atoms with Crippen molar-refractivity contribution in [1.29, 1.82) is 0 Å². The van der Waals surface area contributed by atoms with Crippen LogP contribution in [0.15, 0.2) is 35.0 Å². The maximum atomic E-state index is 12.2. The number of amides is 2. The summed E-state index contributed by atoms with van der Waals surface area (Å²) in [4.78, 5) is 29.0. The van der Waals surface area contributed by atoms with Crippen molar-refractivity contribution in [2.24, 2.45) is 0 Å². The van der Waals surface area contributed by atoms with Gasteiger partial charge in [0.1, 0.15) is 0 Å². The fourth-order valence-corrected chi connectivity index (χ4v) is 4.20. The van der Waals surface area contributed by atoms with Crippen LogP contribution in [0.4, 0.5) is 11.4 Å². The molecule has 0 radical (unpaired) electrons. The number of thiophene rings is 1. The first-order valence-corrected chi connectivity index (χ1v) is 11.2. The summed E-state index contributed by atoms with van der Waals surface area (Å²) in [7, 11) is 0. The number of likely N-dealkylation sites (N-methyl/N-ethyl adjacent to an activating group) is 1. The summed E-state index contributed by atoms with van der Waals surface area (Å²) in [5.41, 5.74) is 3.92. The Labute approximate surface area is 176 Å². The molecule has 1 fully saturated rings. The van der Waals surface area contributed by atoms with Gasteiger partial charge in [0, 0.05) is 61.5 Å². The van der Waals surface area contributed by atoms with E-state index in [1.165, 1.54) is 22.6 Å². The Morgan fingerprint density at radius 1 is 1.14 bits per heavy atom. The number of carbonyl (C=O) groups excluding carboxylic acids is 2. The summed E-state index contributed by atoms with van der Waals surface area (Å²) in [5.74, 6) is -0.115. The fraction of sp³-hybridized carbons (Fsp3) is 0.455. The molecular formula is C22H30N4O2S. The summed E-state index contributed by atoms with van der Waals surface area (Å²) < 4.78 is 0. The lowest BCUT2D eigenvalue weighted by molar-refractivity contribution is -0.116. The quantitative estimate of drug-likeness (QED) is 0.650. The lowest BCUT2D eigenvalue weighted by atomic mass is 10.1. The molecule has 156 valence electrons. The topological polar surface area (TPSA) is 64.7 Å². The first-order chi connectivity index (χ1) is 14.1. The van der Waals surface area contributed by atoms with Crippen molar-refractivity contribution >= 4 is 34.5 Å². The minimum Gasteiger partial charge on any atom is -0.369 e. The summed E-state index contributed by atoms with van der Waals surface area (Å²) in [6.45, 7) is 10.2. The van der Waals surface area contributed by atoms with Gasteiger partial charge >= 0.3 is 0 Å². The van der Waals surface area contributed by atoms with Gasteiger partial charge in [-0.3, -0.25) is 9.59 Å². The van der Waals surface area contributed by atoms with E-state index in [1.807, 2.05) is 22.9 Å². The van der Waals surface area contributed by atoms with Gasteiger partial charge < -0.3 is 20.4 Å². The number of benzene rings is 1. The first kappa shape index (κ1) is 21.3. The van der Waals surface area contributed by atoms with Gasteiger partial charge in [-0.25, -0.2) is 0 Å². The zero-order chi connectivity index (χ0) is 20.6. The maximum Gasteiger partial charge on any atom is 0.252 e. The number of nitrogens with zero attached hydrogens (tertiary/aromatic N) is 2. The van der Waals surface area contributed by atoms with Gasteiger partial charge in [0.05, 0.1) is 0 Å². The molecule has 1 saturated heterocycles. The number of nitrogens with one attached hydrogen (secondary N) is 2. The standard InChI is InChI=1S/C22H30N4O2S/c1-3-25-10-12-26(13-11-25)20-7-6-19(15-17(20)2)24-21(27)5-4-9-23-22(28)18-8-14-29-16-18/h6-8,14-16H,3-5,9-13H2,1-2H3,(H,23,28)(H,24,27). The molecular weight excluding hydrogens is 384 g/mol. The van der Waals surface area contributed by atoms with E-state index in [0.29, 0.717) is 24.9 Å². The number of anilines is 2. The molecule has 2 N–H and O–H groups in total. The molecule has 0 bridgehead atoms. The molecule has 1 aromatic heterocycles. The molecule has 1 aliphatic rings. The van der Waals surface area contributed by atoms with Crippen LogP contribution in [0.3, 0.4) is 0 Å². The molecule has 3 rings (SSSR count). The molecule has 2 amide bonds. The number of aryl methyl sites for hydroxylation is 1. The first-order valence-electron chi connectivity index (χ1n) is 10.2. The predicted octanol–water partition coefficient (Wildman–Crippen LogP) is 3.35. The lowest BCUT2D eigenvalue weighted by Gasteiger charge is -2.36. The second kappa shape index (κ2) is 10.4. The van der Waals surface area contributed by atoms with Crippen LogP contribution in [0.25, 0.3) is 0 Å². The van der Waals surface area contributed by atoms with Gasteiger partial charge in [-0.2, -0.15) is 11.3 Å². The third kappa shape index (κ3) is 6.05. The van der Waals surface area contributed by atoms with Gasteiger partial charge in [0.15, 0.2) is 0 Å². The Morgan fingerprint density at radius 2 is 1.93 bits per heavy atom. The maximum absolute atomic E-state index is 12.2. The van der Waals surface area contributed by atoms with Crippen molar-refractivity contribution in [3.8, 4) is 0 Å². The molecule has 6 nitrogen and oxygen atoms in total. The second-order valence-corrected chi connectivity index (χ2v) is 8.12. The highest BCUT2D eigenvalue weighted by atomic mass is 32.1. The normalized spacial score (nSPS) is 14.6. The minimum atomic E-state index is -0.0855. The molecule has 2 heterocycles. The second-order valence-electron chi connectivity index (χ2n) is 7.34. The van der Waals surface area contributed by atoms with E-state index < -0.39 is 0 Å². The van der Waals surface area contributed by atoms with Crippen LogP contribution < -0.4 is 15.5 Å². The summed E-state index contributed by atoms with van der Waals surface area (Å²) in [5, 5.41) is 9.50. The predicted molar refractivity (Wildman–Crippen MR) is 120 cm³/mol. The molecule has 1 aliphatic heterocycles. The van der Waals surface area contributed by atoms with Gasteiger partial charge in [-0.1, -0.05) is 6.92 Å². The van der Waals surface area contributed by atoms with E-state index in [4.69, 9.17) is 0 Å². The van der Waals surface area contributed by atoms with Crippen molar-refractivity contribution < 1.29 is 9.59 Å². The highest BCUT2D eigenvalue weighted by molar-refractivity contribution is 7.08. The lowest BCUT2D eigenvalue weighted by Crippen LogP contribution is -2.46. The molecule has 1 aromatic carbocycles. The average molecular weight is 415 g/mol. The van der Waals surface area contributed by atoms with Gasteiger partial charge in [-0.05, 0) is 55.1 Å². The molecule has 0 aliphatic carbocycles. The zero-order valence-corrected chi connectivity index (χ0v) is 18.1. The number of carbonyl (C=O) groups is 2. The minimum absolute atomic E-state index is 0.0292. The smallest absolute Gasteiger partial charge is 0.252 e. The fourth-order valence-electron chi connectivity index (χ4n) is 3.56. The molecule has 0 saturated carbocycles. The summed E-state index contributed by atoms with van der Waals surface area (Å²) >= 11 is 1.50. The molecule has 0 atom stereocenters. The highest BCUT2D eigenvalue weighted by Gasteiger charge is 2.17. The molecule has 7 heteroatoms. The molecule has 0 unspecified atom stereocenters. The summed E-state index contributed by atoms with van der Waals surface area (Å²) in [6.07, 6.45) is 0.990. The Balaban J connectivity index is 1.42. The Bertz CT molecular complexity index is 814. The van der Waals surface area contributed by atoms with Gasteiger partial charge in [-0.15, -0.1) is 0 Å². The van der Waals surface area contributed by atoms with Crippen LogP contribution in [0, 0.1) is 6.92 Å². The van der Waals surface area contributed by atoms with Crippen molar-refractivity contribution in [1.82, 2.24) is 10.2 Å².